The minimum Gasteiger partial charge on any atom is -0.478 e. The Labute approximate surface area is 104 Å². The molecule has 1 unspecified atom stereocenters. The van der Waals surface area contributed by atoms with Crippen molar-refractivity contribution in [2.45, 2.75) is 32.6 Å². The van der Waals surface area contributed by atoms with Crippen molar-refractivity contribution in [1.29, 1.82) is 0 Å². The number of carbonyl (C=O) groups is 1. The van der Waals surface area contributed by atoms with Crippen LogP contribution in [0.1, 0.15) is 48.8 Å². The standard InChI is InChI=1S/C13H15FN2O2/c1-3-4-7(2)12-15-10-5-8(13(17)18)9(14)6-11(10)16-12/h5-7H,3-4H2,1-2H3,(H,15,16)(H,17,18). The van der Waals surface area contributed by atoms with Crippen molar-refractivity contribution < 1.29 is 14.3 Å². The largest absolute Gasteiger partial charge is 0.478 e. The molecule has 2 aromatic rings. The lowest BCUT2D eigenvalue weighted by Crippen LogP contribution is -1.99. The first kappa shape index (κ1) is 12.5. The summed E-state index contributed by atoms with van der Waals surface area (Å²) in [5.74, 6) is -0.999. The minimum atomic E-state index is -1.28. The zero-order valence-corrected chi connectivity index (χ0v) is 10.3. The normalized spacial score (nSPS) is 12.8. The second-order valence-electron chi connectivity index (χ2n) is 4.47. The molecule has 4 nitrogen and oxygen atoms in total. The monoisotopic (exact) mass is 250 g/mol. The molecule has 2 N–H and O–H groups in total. The quantitative estimate of drug-likeness (QED) is 0.874. The van der Waals surface area contributed by atoms with E-state index in [9.17, 15) is 9.18 Å². The second-order valence-corrected chi connectivity index (χ2v) is 4.47. The summed E-state index contributed by atoms with van der Waals surface area (Å²) in [5.41, 5.74) is 0.686. The van der Waals surface area contributed by atoms with E-state index in [1.165, 1.54) is 12.1 Å². The number of aromatic carboxylic acids is 1. The Hall–Kier alpha value is -1.91. The predicted molar refractivity (Wildman–Crippen MR) is 66.3 cm³/mol. The number of rotatable bonds is 4. The Bertz CT molecular complexity index is 592. The van der Waals surface area contributed by atoms with E-state index in [1.54, 1.807) is 0 Å². The number of hydrogen-bond donors (Lipinski definition) is 2. The number of carboxylic acids is 1. The van der Waals surface area contributed by atoms with Gasteiger partial charge in [0, 0.05) is 12.0 Å². The smallest absolute Gasteiger partial charge is 0.338 e. The molecule has 0 aliphatic heterocycles. The van der Waals surface area contributed by atoms with E-state index in [2.05, 4.69) is 16.9 Å². The van der Waals surface area contributed by atoms with Crippen LogP contribution in [0, 0.1) is 5.82 Å². The van der Waals surface area contributed by atoms with Gasteiger partial charge in [-0.2, -0.15) is 0 Å². The van der Waals surface area contributed by atoms with Gasteiger partial charge in [0.2, 0.25) is 0 Å². The van der Waals surface area contributed by atoms with Crippen molar-refractivity contribution >= 4 is 17.0 Å². The highest BCUT2D eigenvalue weighted by atomic mass is 19.1. The van der Waals surface area contributed by atoms with Gasteiger partial charge in [0.15, 0.2) is 0 Å². The first-order valence-electron chi connectivity index (χ1n) is 5.95. The molecular formula is C13H15FN2O2. The van der Waals surface area contributed by atoms with Crippen molar-refractivity contribution in [3.8, 4) is 0 Å². The molecule has 0 saturated heterocycles. The Morgan fingerprint density at radius 3 is 2.89 bits per heavy atom. The number of halogens is 1. The number of aromatic amines is 1. The van der Waals surface area contributed by atoms with Crippen LogP contribution in [-0.4, -0.2) is 21.0 Å². The molecule has 1 atom stereocenters. The summed E-state index contributed by atoms with van der Waals surface area (Å²) in [7, 11) is 0. The number of carboxylic acid groups (broad SMARTS) is 1. The predicted octanol–water partition coefficient (Wildman–Crippen LogP) is 3.30. The first-order valence-corrected chi connectivity index (χ1v) is 5.95. The maximum absolute atomic E-state index is 13.5. The van der Waals surface area contributed by atoms with Gasteiger partial charge < -0.3 is 10.1 Å². The van der Waals surface area contributed by atoms with Gasteiger partial charge in [-0.1, -0.05) is 20.3 Å². The molecule has 5 heteroatoms. The summed E-state index contributed by atoms with van der Waals surface area (Å²) in [4.78, 5) is 18.2. The van der Waals surface area contributed by atoms with Gasteiger partial charge in [-0.25, -0.2) is 14.2 Å². The third-order valence-electron chi connectivity index (χ3n) is 3.01. The average molecular weight is 250 g/mol. The highest BCUT2D eigenvalue weighted by Gasteiger charge is 2.15. The molecule has 96 valence electrons. The second kappa shape index (κ2) is 4.76. The van der Waals surface area contributed by atoms with Crippen LogP contribution in [0.3, 0.4) is 0 Å². The van der Waals surface area contributed by atoms with Crippen molar-refractivity contribution in [1.82, 2.24) is 9.97 Å². The Morgan fingerprint density at radius 2 is 2.28 bits per heavy atom. The molecule has 0 bridgehead atoms. The molecule has 1 aromatic heterocycles. The fourth-order valence-corrected chi connectivity index (χ4v) is 2.02. The van der Waals surface area contributed by atoms with Crippen LogP contribution >= 0.6 is 0 Å². The fraction of sp³-hybridized carbons (Fsp3) is 0.385. The summed E-state index contributed by atoms with van der Waals surface area (Å²) in [6.45, 7) is 4.12. The molecular weight excluding hydrogens is 235 g/mol. The molecule has 0 radical (unpaired) electrons. The van der Waals surface area contributed by atoms with Crippen LogP contribution in [0.5, 0.6) is 0 Å². The van der Waals surface area contributed by atoms with Gasteiger partial charge in [0.05, 0.1) is 16.6 Å². The minimum absolute atomic E-state index is 0.249. The van der Waals surface area contributed by atoms with E-state index in [1.807, 2.05) is 6.92 Å². The molecule has 0 aliphatic carbocycles. The summed E-state index contributed by atoms with van der Waals surface area (Å²) in [6, 6.07) is 2.46. The van der Waals surface area contributed by atoms with E-state index in [4.69, 9.17) is 5.11 Å². The number of nitrogens with one attached hydrogen (secondary N) is 1. The van der Waals surface area contributed by atoms with Crippen molar-refractivity contribution in [3.05, 3.63) is 29.3 Å². The van der Waals surface area contributed by atoms with Crippen molar-refractivity contribution in [2.24, 2.45) is 0 Å². The molecule has 0 spiro atoms. The summed E-state index contributed by atoms with van der Waals surface area (Å²) >= 11 is 0. The maximum Gasteiger partial charge on any atom is 0.338 e. The van der Waals surface area contributed by atoms with Crippen LogP contribution in [-0.2, 0) is 0 Å². The molecule has 0 saturated carbocycles. The summed E-state index contributed by atoms with van der Waals surface area (Å²) in [5, 5.41) is 8.85. The maximum atomic E-state index is 13.5. The number of benzene rings is 1. The lowest BCUT2D eigenvalue weighted by atomic mass is 10.1. The highest BCUT2D eigenvalue weighted by Crippen LogP contribution is 2.23. The topological polar surface area (TPSA) is 66.0 Å². The zero-order chi connectivity index (χ0) is 13.3. The van der Waals surface area contributed by atoms with E-state index >= 15 is 0 Å². The summed E-state index contributed by atoms with van der Waals surface area (Å²) < 4.78 is 13.5. The van der Waals surface area contributed by atoms with E-state index in [0.717, 1.165) is 18.7 Å². The molecule has 1 aromatic carbocycles. The van der Waals surface area contributed by atoms with Crippen LogP contribution in [0.15, 0.2) is 12.1 Å². The highest BCUT2D eigenvalue weighted by molar-refractivity contribution is 5.92. The first-order chi connectivity index (χ1) is 8.52. The van der Waals surface area contributed by atoms with Gasteiger partial charge in [0.1, 0.15) is 11.6 Å². The van der Waals surface area contributed by atoms with Crippen LogP contribution in [0.4, 0.5) is 4.39 Å². The SMILES string of the molecule is CCCC(C)c1nc2cc(C(=O)O)c(F)cc2[nH]1. The van der Waals surface area contributed by atoms with Gasteiger partial charge in [0.25, 0.3) is 0 Å². The van der Waals surface area contributed by atoms with Crippen molar-refractivity contribution in [3.63, 3.8) is 0 Å². The zero-order valence-electron chi connectivity index (χ0n) is 10.3. The molecule has 0 aliphatic rings. The van der Waals surface area contributed by atoms with Crippen LogP contribution in [0.25, 0.3) is 11.0 Å². The number of aromatic nitrogens is 2. The lowest BCUT2D eigenvalue weighted by Gasteiger charge is -2.04. The molecule has 2 rings (SSSR count). The van der Waals surface area contributed by atoms with Gasteiger partial charge in [-0.3, -0.25) is 0 Å². The number of imidazole rings is 1. The molecule has 0 amide bonds. The Balaban J connectivity index is 2.48. The summed E-state index contributed by atoms with van der Waals surface area (Å²) in [6.07, 6.45) is 2.01. The Kier molecular flexibility index (Phi) is 3.32. The molecule has 0 fully saturated rings. The van der Waals surface area contributed by atoms with Gasteiger partial charge >= 0.3 is 5.97 Å². The van der Waals surface area contributed by atoms with Crippen LogP contribution < -0.4 is 0 Å². The lowest BCUT2D eigenvalue weighted by molar-refractivity contribution is 0.0692. The number of fused-ring (bicyclic) bond motifs is 1. The number of H-pyrrole nitrogens is 1. The van der Waals surface area contributed by atoms with E-state index < -0.39 is 11.8 Å². The van der Waals surface area contributed by atoms with E-state index in [0.29, 0.717) is 11.0 Å². The number of hydrogen-bond acceptors (Lipinski definition) is 2. The third-order valence-corrected chi connectivity index (χ3v) is 3.01. The van der Waals surface area contributed by atoms with E-state index in [-0.39, 0.29) is 11.5 Å². The molecule has 1 heterocycles. The van der Waals surface area contributed by atoms with Crippen LogP contribution in [0.2, 0.25) is 0 Å². The van der Waals surface area contributed by atoms with Gasteiger partial charge in [-0.15, -0.1) is 0 Å². The number of nitrogens with zero attached hydrogens (tertiary/aromatic N) is 1. The third kappa shape index (κ3) is 2.20. The Morgan fingerprint density at radius 1 is 1.56 bits per heavy atom. The molecule has 18 heavy (non-hydrogen) atoms. The van der Waals surface area contributed by atoms with Gasteiger partial charge in [-0.05, 0) is 12.5 Å². The van der Waals surface area contributed by atoms with Crippen molar-refractivity contribution in [2.75, 3.05) is 0 Å². The average Bonchev–Trinajstić information content (AvgIpc) is 2.70. The fourth-order valence-electron chi connectivity index (χ4n) is 2.02.